The number of anilines is 2. The minimum atomic E-state index is 0.619. The molecule has 0 N–H and O–H groups in total. The Morgan fingerprint density at radius 1 is 0.955 bits per heavy atom. The molecule has 1 saturated heterocycles. The van der Waals surface area contributed by atoms with Gasteiger partial charge in [-0.15, -0.1) is 0 Å². The SMILES string of the molecule is Cc1ccccc1N1CCN(c2ccnc(C3CC3)n2)CC1. The molecule has 22 heavy (non-hydrogen) atoms. The van der Waals surface area contributed by atoms with Gasteiger partial charge in [0.15, 0.2) is 0 Å². The molecule has 0 amide bonds. The van der Waals surface area contributed by atoms with Crippen molar-refractivity contribution in [1.29, 1.82) is 0 Å². The van der Waals surface area contributed by atoms with Crippen molar-refractivity contribution in [3.8, 4) is 0 Å². The number of para-hydroxylation sites is 1. The van der Waals surface area contributed by atoms with Gasteiger partial charge >= 0.3 is 0 Å². The van der Waals surface area contributed by atoms with Crippen molar-refractivity contribution in [3.05, 3.63) is 47.9 Å². The quantitative estimate of drug-likeness (QED) is 0.871. The second-order valence-corrected chi connectivity index (χ2v) is 6.31. The van der Waals surface area contributed by atoms with Crippen molar-refractivity contribution in [3.63, 3.8) is 0 Å². The summed E-state index contributed by atoms with van der Waals surface area (Å²) in [6.45, 7) is 6.33. The molecule has 1 aromatic carbocycles. The van der Waals surface area contributed by atoms with Crippen LogP contribution in [0, 0.1) is 6.92 Å². The number of hydrogen-bond acceptors (Lipinski definition) is 4. The first kappa shape index (κ1) is 13.6. The van der Waals surface area contributed by atoms with Gasteiger partial charge in [-0.2, -0.15) is 0 Å². The number of aryl methyl sites for hydroxylation is 1. The van der Waals surface area contributed by atoms with Crippen molar-refractivity contribution in [2.24, 2.45) is 0 Å². The molecule has 1 aliphatic carbocycles. The average Bonchev–Trinajstić information content (AvgIpc) is 3.41. The fraction of sp³-hybridized carbons (Fsp3) is 0.444. The molecule has 114 valence electrons. The number of hydrogen-bond donors (Lipinski definition) is 0. The summed E-state index contributed by atoms with van der Waals surface area (Å²) in [4.78, 5) is 14.1. The zero-order chi connectivity index (χ0) is 14.9. The topological polar surface area (TPSA) is 32.3 Å². The molecule has 1 aliphatic heterocycles. The predicted molar refractivity (Wildman–Crippen MR) is 89.6 cm³/mol. The molecule has 1 aromatic heterocycles. The van der Waals surface area contributed by atoms with Crippen LogP contribution in [0.3, 0.4) is 0 Å². The summed E-state index contributed by atoms with van der Waals surface area (Å²) in [5, 5.41) is 0. The normalized spacial score (nSPS) is 18.6. The Bertz CT molecular complexity index is 658. The van der Waals surface area contributed by atoms with E-state index in [0.29, 0.717) is 5.92 Å². The Morgan fingerprint density at radius 2 is 1.68 bits per heavy atom. The molecule has 0 unspecified atom stereocenters. The van der Waals surface area contributed by atoms with Crippen molar-refractivity contribution >= 4 is 11.5 Å². The molecule has 0 spiro atoms. The molecule has 2 aliphatic rings. The van der Waals surface area contributed by atoms with Gasteiger partial charge in [0.05, 0.1) is 0 Å². The molecular weight excluding hydrogens is 272 g/mol. The molecule has 2 heterocycles. The standard InChI is InChI=1S/C18H22N4/c1-14-4-2-3-5-16(14)21-10-12-22(13-11-21)17-8-9-19-18(20-17)15-6-7-15/h2-5,8-9,15H,6-7,10-13H2,1H3. The lowest BCUT2D eigenvalue weighted by Crippen LogP contribution is -2.47. The highest BCUT2D eigenvalue weighted by molar-refractivity contribution is 5.54. The van der Waals surface area contributed by atoms with Gasteiger partial charge in [0.25, 0.3) is 0 Å². The monoisotopic (exact) mass is 294 g/mol. The number of benzene rings is 1. The van der Waals surface area contributed by atoms with Gasteiger partial charge in [-0.3, -0.25) is 0 Å². The van der Waals surface area contributed by atoms with Crippen molar-refractivity contribution in [2.45, 2.75) is 25.7 Å². The number of nitrogens with zero attached hydrogens (tertiary/aromatic N) is 4. The van der Waals surface area contributed by atoms with Crippen LogP contribution in [-0.4, -0.2) is 36.1 Å². The van der Waals surface area contributed by atoms with Gasteiger partial charge in [-0.1, -0.05) is 18.2 Å². The molecule has 4 heteroatoms. The van der Waals surface area contributed by atoms with E-state index in [1.54, 1.807) is 0 Å². The van der Waals surface area contributed by atoms with E-state index in [1.165, 1.54) is 24.1 Å². The highest BCUT2D eigenvalue weighted by atomic mass is 15.3. The summed E-state index contributed by atoms with van der Waals surface area (Å²) in [7, 11) is 0. The van der Waals surface area contributed by atoms with E-state index >= 15 is 0 Å². The lowest BCUT2D eigenvalue weighted by Gasteiger charge is -2.37. The van der Waals surface area contributed by atoms with E-state index in [-0.39, 0.29) is 0 Å². The summed E-state index contributed by atoms with van der Waals surface area (Å²) < 4.78 is 0. The van der Waals surface area contributed by atoms with Crippen LogP contribution in [0.15, 0.2) is 36.5 Å². The van der Waals surface area contributed by atoms with Crippen LogP contribution in [0.5, 0.6) is 0 Å². The van der Waals surface area contributed by atoms with E-state index < -0.39 is 0 Å². The lowest BCUT2D eigenvalue weighted by molar-refractivity contribution is 0.643. The zero-order valence-corrected chi connectivity index (χ0v) is 13.1. The molecule has 0 atom stereocenters. The highest BCUT2D eigenvalue weighted by Gasteiger charge is 2.27. The van der Waals surface area contributed by atoms with Crippen LogP contribution in [0.1, 0.15) is 30.1 Å². The van der Waals surface area contributed by atoms with Crippen LogP contribution in [0.4, 0.5) is 11.5 Å². The zero-order valence-electron chi connectivity index (χ0n) is 13.1. The molecule has 0 bridgehead atoms. The van der Waals surface area contributed by atoms with E-state index in [9.17, 15) is 0 Å². The molecule has 4 nitrogen and oxygen atoms in total. The van der Waals surface area contributed by atoms with Crippen LogP contribution < -0.4 is 9.80 Å². The summed E-state index contributed by atoms with van der Waals surface area (Å²) in [5.74, 6) is 2.76. The van der Waals surface area contributed by atoms with Crippen LogP contribution in [0.25, 0.3) is 0 Å². The van der Waals surface area contributed by atoms with Gasteiger partial charge in [-0.25, -0.2) is 9.97 Å². The smallest absolute Gasteiger partial charge is 0.133 e. The minimum Gasteiger partial charge on any atom is -0.368 e. The Kier molecular flexibility index (Phi) is 3.45. The molecule has 0 radical (unpaired) electrons. The Labute approximate surface area is 131 Å². The Hall–Kier alpha value is -2.10. The fourth-order valence-corrected chi connectivity index (χ4v) is 3.17. The summed E-state index contributed by atoms with van der Waals surface area (Å²) in [5.41, 5.74) is 2.72. The molecule has 4 rings (SSSR count). The molecule has 2 aromatic rings. The summed E-state index contributed by atoms with van der Waals surface area (Å²) in [6, 6.07) is 10.7. The maximum absolute atomic E-state index is 4.77. The third-order valence-electron chi connectivity index (χ3n) is 4.66. The molecule has 2 fully saturated rings. The highest BCUT2D eigenvalue weighted by Crippen LogP contribution is 2.38. The van der Waals surface area contributed by atoms with E-state index in [0.717, 1.165) is 37.8 Å². The maximum Gasteiger partial charge on any atom is 0.133 e. The summed E-state index contributed by atoms with van der Waals surface area (Å²) >= 11 is 0. The number of piperazine rings is 1. The Morgan fingerprint density at radius 3 is 2.41 bits per heavy atom. The second-order valence-electron chi connectivity index (χ2n) is 6.31. The first-order valence-corrected chi connectivity index (χ1v) is 8.20. The van der Waals surface area contributed by atoms with E-state index in [4.69, 9.17) is 4.98 Å². The lowest BCUT2D eigenvalue weighted by atomic mass is 10.1. The average molecular weight is 294 g/mol. The summed E-state index contributed by atoms with van der Waals surface area (Å²) in [6.07, 6.45) is 4.43. The van der Waals surface area contributed by atoms with Gasteiger partial charge < -0.3 is 9.80 Å². The van der Waals surface area contributed by atoms with Crippen molar-refractivity contribution in [1.82, 2.24) is 9.97 Å². The maximum atomic E-state index is 4.77. The Balaban J connectivity index is 1.45. The van der Waals surface area contributed by atoms with E-state index in [2.05, 4.69) is 52.0 Å². The number of aromatic nitrogens is 2. The molecule has 1 saturated carbocycles. The van der Waals surface area contributed by atoms with Crippen LogP contribution in [-0.2, 0) is 0 Å². The van der Waals surface area contributed by atoms with Gasteiger partial charge in [0.1, 0.15) is 11.6 Å². The van der Waals surface area contributed by atoms with Gasteiger partial charge in [-0.05, 0) is 37.5 Å². The third kappa shape index (κ3) is 2.65. The van der Waals surface area contributed by atoms with E-state index in [1.807, 2.05) is 6.20 Å². The van der Waals surface area contributed by atoms with Crippen molar-refractivity contribution in [2.75, 3.05) is 36.0 Å². The fourth-order valence-electron chi connectivity index (χ4n) is 3.17. The van der Waals surface area contributed by atoms with Crippen molar-refractivity contribution < 1.29 is 0 Å². The van der Waals surface area contributed by atoms with Gasteiger partial charge in [0.2, 0.25) is 0 Å². The number of rotatable bonds is 3. The van der Waals surface area contributed by atoms with Crippen LogP contribution >= 0.6 is 0 Å². The predicted octanol–water partition coefficient (Wildman–Crippen LogP) is 2.99. The largest absolute Gasteiger partial charge is 0.368 e. The first-order chi connectivity index (χ1) is 10.8. The molecular formula is C18H22N4. The minimum absolute atomic E-state index is 0.619. The van der Waals surface area contributed by atoms with Crippen LogP contribution in [0.2, 0.25) is 0 Å². The first-order valence-electron chi connectivity index (χ1n) is 8.20. The van der Waals surface area contributed by atoms with Gasteiger partial charge in [0, 0.05) is 44.0 Å². The third-order valence-corrected chi connectivity index (χ3v) is 4.66. The second kappa shape index (κ2) is 5.59.